The van der Waals surface area contributed by atoms with E-state index in [1.54, 1.807) is 43.3 Å². The van der Waals surface area contributed by atoms with Crippen molar-refractivity contribution in [2.24, 2.45) is 0 Å². The lowest BCUT2D eigenvalue weighted by atomic mass is 10.1. The molecule has 4 nitrogen and oxygen atoms in total. The Balaban J connectivity index is 1.82. The molecule has 0 saturated carbocycles. The number of anilines is 1. The number of esters is 1. The average molecular weight is 457 g/mol. The number of carbonyl (C=O) groups is 2. The van der Waals surface area contributed by atoms with Crippen molar-refractivity contribution < 1.29 is 27.5 Å². The van der Waals surface area contributed by atoms with Gasteiger partial charge in [-0.15, -0.1) is 0 Å². The lowest BCUT2D eigenvalue weighted by molar-refractivity contribution is -0.137. The molecule has 1 aliphatic heterocycles. The zero-order chi connectivity index (χ0) is 22.9. The number of amides is 1. The van der Waals surface area contributed by atoms with Crippen LogP contribution >= 0.6 is 11.8 Å². The van der Waals surface area contributed by atoms with Crippen LogP contribution in [0.15, 0.2) is 76.5 Å². The summed E-state index contributed by atoms with van der Waals surface area (Å²) in [4.78, 5) is 28.6. The largest absolute Gasteiger partial charge is 0.462 e. The van der Waals surface area contributed by atoms with E-state index in [0.717, 1.165) is 17.0 Å². The van der Waals surface area contributed by atoms with Gasteiger partial charge in [0.2, 0.25) is 0 Å². The topological polar surface area (TPSA) is 46.6 Å². The number of alkyl halides is 3. The van der Waals surface area contributed by atoms with E-state index in [9.17, 15) is 22.8 Å². The highest BCUT2D eigenvalue weighted by Gasteiger charge is 2.32. The fourth-order valence-electron chi connectivity index (χ4n) is 3.45. The lowest BCUT2D eigenvalue weighted by Crippen LogP contribution is -2.30. The van der Waals surface area contributed by atoms with Crippen LogP contribution in [0.5, 0.6) is 0 Å². The smallest absolute Gasteiger partial charge is 0.416 e. The summed E-state index contributed by atoms with van der Waals surface area (Å²) in [6, 6.07) is 16.8. The highest BCUT2D eigenvalue weighted by Crippen LogP contribution is 2.42. The van der Waals surface area contributed by atoms with Crippen molar-refractivity contribution in [1.82, 2.24) is 0 Å². The van der Waals surface area contributed by atoms with E-state index in [1.807, 2.05) is 12.1 Å². The number of fused-ring (bicyclic) bond motifs is 2. The molecule has 1 aliphatic rings. The highest BCUT2D eigenvalue weighted by atomic mass is 32.2. The Morgan fingerprint density at radius 2 is 1.78 bits per heavy atom. The molecule has 0 unspecified atom stereocenters. The number of benzene rings is 3. The van der Waals surface area contributed by atoms with E-state index in [2.05, 4.69) is 0 Å². The molecule has 164 valence electrons. The molecule has 0 fully saturated rings. The van der Waals surface area contributed by atoms with E-state index in [0.29, 0.717) is 21.7 Å². The first-order valence-corrected chi connectivity index (χ1v) is 10.7. The third kappa shape index (κ3) is 4.36. The second-order valence-electron chi connectivity index (χ2n) is 7.09. The fourth-order valence-corrected chi connectivity index (χ4v) is 4.51. The van der Waals surface area contributed by atoms with E-state index in [-0.39, 0.29) is 24.6 Å². The second kappa shape index (κ2) is 8.70. The predicted molar refractivity (Wildman–Crippen MR) is 115 cm³/mol. The first kappa shape index (κ1) is 22.0. The van der Waals surface area contributed by atoms with Gasteiger partial charge in [-0.1, -0.05) is 36.0 Å². The lowest BCUT2D eigenvalue weighted by Gasteiger charge is -2.24. The first-order valence-electron chi connectivity index (χ1n) is 9.84. The van der Waals surface area contributed by atoms with Crippen LogP contribution in [-0.4, -0.2) is 18.5 Å². The van der Waals surface area contributed by atoms with Gasteiger partial charge in [0.25, 0.3) is 5.91 Å². The summed E-state index contributed by atoms with van der Waals surface area (Å²) in [5.41, 5.74) is 0.689. The average Bonchev–Trinajstić information content (AvgIpc) is 2.88. The van der Waals surface area contributed by atoms with Gasteiger partial charge in [0.05, 0.1) is 35.5 Å². The van der Waals surface area contributed by atoms with Crippen molar-refractivity contribution in [1.29, 1.82) is 0 Å². The summed E-state index contributed by atoms with van der Waals surface area (Å²) in [6.07, 6.45) is -4.49. The SMILES string of the molecule is CCOC(=O)c1ccc2c(c1)N(Cc1cccc(C(F)(F)F)c1)C(=O)c1ccccc1S2. The summed E-state index contributed by atoms with van der Waals surface area (Å²) in [5, 5.41) is 0. The first-order chi connectivity index (χ1) is 15.3. The normalized spacial score (nSPS) is 13.2. The molecular weight excluding hydrogens is 439 g/mol. The Hall–Kier alpha value is -3.26. The molecule has 3 aromatic rings. The van der Waals surface area contributed by atoms with Gasteiger partial charge >= 0.3 is 12.1 Å². The zero-order valence-corrected chi connectivity index (χ0v) is 17.8. The van der Waals surface area contributed by atoms with Crippen LogP contribution in [-0.2, 0) is 17.5 Å². The Labute approximate surface area is 187 Å². The monoisotopic (exact) mass is 457 g/mol. The molecule has 1 amide bonds. The van der Waals surface area contributed by atoms with E-state index in [1.165, 1.54) is 22.7 Å². The van der Waals surface area contributed by atoms with Gasteiger partial charge in [0, 0.05) is 9.79 Å². The second-order valence-corrected chi connectivity index (χ2v) is 8.17. The molecule has 0 atom stereocenters. The number of carbonyl (C=O) groups excluding carboxylic acids is 2. The Bertz CT molecular complexity index is 1190. The summed E-state index contributed by atoms with van der Waals surface area (Å²) in [7, 11) is 0. The van der Waals surface area contributed by atoms with Crippen molar-refractivity contribution in [3.63, 3.8) is 0 Å². The maximum absolute atomic E-state index is 13.5. The predicted octanol–water partition coefficient (Wildman–Crippen LogP) is 6.19. The van der Waals surface area contributed by atoms with Crippen molar-refractivity contribution in [2.45, 2.75) is 29.4 Å². The van der Waals surface area contributed by atoms with Crippen molar-refractivity contribution in [2.75, 3.05) is 11.5 Å². The van der Waals surface area contributed by atoms with Gasteiger partial charge < -0.3 is 9.64 Å². The van der Waals surface area contributed by atoms with Gasteiger partial charge in [-0.2, -0.15) is 13.2 Å². The number of ether oxygens (including phenoxy) is 1. The Morgan fingerprint density at radius 3 is 2.53 bits per heavy atom. The van der Waals surface area contributed by atoms with Gasteiger partial charge in [0.15, 0.2) is 0 Å². The molecule has 0 radical (unpaired) electrons. The Kier molecular flexibility index (Phi) is 5.97. The van der Waals surface area contributed by atoms with Gasteiger partial charge in [-0.25, -0.2) is 4.79 Å². The molecule has 0 bridgehead atoms. The molecule has 1 heterocycles. The maximum atomic E-state index is 13.5. The van der Waals surface area contributed by atoms with E-state index in [4.69, 9.17) is 4.74 Å². The molecule has 3 aromatic carbocycles. The van der Waals surface area contributed by atoms with Crippen molar-refractivity contribution >= 4 is 29.3 Å². The molecule has 0 aromatic heterocycles. The number of rotatable bonds is 4. The van der Waals surface area contributed by atoms with Crippen LogP contribution in [0, 0.1) is 0 Å². The van der Waals surface area contributed by atoms with Crippen molar-refractivity contribution in [3.05, 3.63) is 89.0 Å². The van der Waals surface area contributed by atoms with Crippen LogP contribution in [0.25, 0.3) is 0 Å². The molecule has 0 spiro atoms. The maximum Gasteiger partial charge on any atom is 0.416 e. The number of nitrogens with zero attached hydrogens (tertiary/aromatic N) is 1. The van der Waals surface area contributed by atoms with Crippen molar-refractivity contribution in [3.8, 4) is 0 Å². The summed E-state index contributed by atoms with van der Waals surface area (Å²) < 4.78 is 44.7. The molecule has 4 rings (SSSR count). The minimum absolute atomic E-state index is 0.0864. The van der Waals surface area contributed by atoms with E-state index < -0.39 is 17.7 Å². The van der Waals surface area contributed by atoms with Gasteiger partial charge in [0.1, 0.15) is 0 Å². The van der Waals surface area contributed by atoms with Crippen LogP contribution in [0.3, 0.4) is 0 Å². The van der Waals surface area contributed by atoms with Gasteiger partial charge in [-0.05, 0) is 55.0 Å². The summed E-state index contributed by atoms with van der Waals surface area (Å²) in [6.45, 7) is 1.80. The minimum atomic E-state index is -4.49. The molecule has 32 heavy (non-hydrogen) atoms. The Morgan fingerprint density at radius 1 is 1.00 bits per heavy atom. The highest BCUT2D eigenvalue weighted by molar-refractivity contribution is 7.99. The molecule has 8 heteroatoms. The fraction of sp³-hybridized carbons (Fsp3) is 0.167. The number of hydrogen-bond acceptors (Lipinski definition) is 4. The zero-order valence-electron chi connectivity index (χ0n) is 17.0. The minimum Gasteiger partial charge on any atom is -0.462 e. The summed E-state index contributed by atoms with van der Waals surface area (Å²) in [5.74, 6) is -0.890. The van der Waals surface area contributed by atoms with Crippen LogP contribution in [0.2, 0.25) is 0 Å². The standard InChI is InChI=1S/C24H18F3NO3S/c1-2-31-23(30)16-10-11-21-19(13-16)28(22(29)18-8-3-4-9-20(18)32-21)14-15-6-5-7-17(12-15)24(25,26)27/h3-13H,2,14H2,1H3. The third-order valence-electron chi connectivity index (χ3n) is 4.94. The van der Waals surface area contributed by atoms with Crippen LogP contribution in [0.1, 0.15) is 38.8 Å². The molecule has 0 N–H and O–H groups in total. The van der Waals surface area contributed by atoms with Crippen LogP contribution < -0.4 is 4.90 Å². The molecule has 0 saturated heterocycles. The third-order valence-corrected chi connectivity index (χ3v) is 6.08. The molecule has 0 aliphatic carbocycles. The summed E-state index contributed by atoms with van der Waals surface area (Å²) >= 11 is 1.37. The van der Waals surface area contributed by atoms with Crippen LogP contribution in [0.4, 0.5) is 18.9 Å². The quantitative estimate of drug-likeness (QED) is 0.438. The van der Waals surface area contributed by atoms with Gasteiger partial charge in [-0.3, -0.25) is 4.79 Å². The number of hydrogen-bond donors (Lipinski definition) is 0. The molecular formula is C24H18F3NO3S. The van der Waals surface area contributed by atoms with E-state index >= 15 is 0 Å². The number of halogens is 3.